The Balaban J connectivity index is 1.65. The van der Waals surface area contributed by atoms with Crippen LogP contribution in [0, 0.1) is 5.82 Å². The zero-order valence-electron chi connectivity index (χ0n) is 13.0. The highest BCUT2D eigenvalue weighted by Gasteiger charge is 2.20. The van der Waals surface area contributed by atoms with Crippen LogP contribution in [0.3, 0.4) is 0 Å². The second kappa shape index (κ2) is 6.23. The minimum atomic E-state index is -0.332. The van der Waals surface area contributed by atoms with E-state index in [-0.39, 0.29) is 5.82 Å². The van der Waals surface area contributed by atoms with Gasteiger partial charge in [-0.2, -0.15) is 10.1 Å². The van der Waals surface area contributed by atoms with Gasteiger partial charge in [0.25, 0.3) is 5.95 Å². The van der Waals surface area contributed by atoms with Crippen molar-refractivity contribution in [3.63, 3.8) is 0 Å². The third-order valence-corrected chi connectivity index (χ3v) is 4.04. The van der Waals surface area contributed by atoms with Gasteiger partial charge in [0.1, 0.15) is 5.82 Å². The van der Waals surface area contributed by atoms with Crippen molar-refractivity contribution in [1.29, 1.82) is 0 Å². The first kappa shape index (κ1) is 14.6. The van der Waals surface area contributed by atoms with Gasteiger partial charge in [0.15, 0.2) is 5.82 Å². The van der Waals surface area contributed by atoms with Gasteiger partial charge in [-0.15, -0.1) is 5.10 Å². The molecule has 1 N–H and O–H groups in total. The van der Waals surface area contributed by atoms with Crippen LogP contribution in [0.2, 0.25) is 0 Å². The monoisotopic (exact) mass is 321 g/mol. The highest BCUT2D eigenvalue weighted by Crippen LogP contribution is 2.31. The number of nitrogens with zero attached hydrogens (tertiary/aromatic N) is 4. The lowest BCUT2D eigenvalue weighted by molar-refractivity contribution is 0.631. The normalized spacial score (nSPS) is 13.5. The number of benzene rings is 2. The highest BCUT2D eigenvalue weighted by molar-refractivity contribution is 5.64. The molecule has 0 bridgehead atoms. The van der Waals surface area contributed by atoms with E-state index in [0.717, 1.165) is 25.1 Å². The first-order chi connectivity index (χ1) is 11.8. The van der Waals surface area contributed by atoms with Crippen molar-refractivity contribution in [2.75, 3.05) is 16.8 Å². The van der Waals surface area contributed by atoms with Gasteiger partial charge in [-0.05, 0) is 36.6 Å². The molecule has 0 fully saturated rings. The number of nitrogens with one attached hydrogen (secondary N) is 1. The molecule has 6 heteroatoms. The molecule has 5 nitrogen and oxygen atoms in total. The Labute approximate surface area is 139 Å². The fourth-order valence-corrected chi connectivity index (χ4v) is 2.91. The molecule has 0 unspecified atom stereocenters. The molecular formula is C18H16FN5. The SMILES string of the molecule is Fc1ccccc1Nc1cnnc(N2CCCc3ccccc32)n1. The van der Waals surface area contributed by atoms with E-state index in [4.69, 9.17) is 0 Å². The Morgan fingerprint density at radius 3 is 2.79 bits per heavy atom. The first-order valence-electron chi connectivity index (χ1n) is 7.88. The molecule has 0 amide bonds. The van der Waals surface area contributed by atoms with Gasteiger partial charge in [-0.1, -0.05) is 30.3 Å². The molecule has 2 heterocycles. The Kier molecular flexibility index (Phi) is 3.78. The summed E-state index contributed by atoms with van der Waals surface area (Å²) in [5.74, 6) is 0.651. The van der Waals surface area contributed by atoms with Crippen LogP contribution >= 0.6 is 0 Å². The molecule has 0 saturated heterocycles. The zero-order chi connectivity index (χ0) is 16.4. The lowest BCUT2D eigenvalue weighted by Gasteiger charge is -2.29. The van der Waals surface area contributed by atoms with E-state index in [1.165, 1.54) is 17.8 Å². The lowest BCUT2D eigenvalue weighted by atomic mass is 10.0. The maximum atomic E-state index is 13.8. The van der Waals surface area contributed by atoms with Gasteiger partial charge in [-0.25, -0.2) is 4.39 Å². The molecule has 1 aliphatic heterocycles. The fourth-order valence-electron chi connectivity index (χ4n) is 2.91. The Bertz CT molecular complexity index is 867. The van der Waals surface area contributed by atoms with Gasteiger partial charge in [0.05, 0.1) is 11.9 Å². The number of halogens is 1. The predicted octanol–water partition coefficient (Wildman–Crippen LogP) is 3.84. The summed E-state index contributed by atoms with van der Waals surface area (Å²) in [4.78, 5) is 6.56. The second-order valence-corrected chi connectivity index (χ2v) is 5.63. The molecule has 24 heavy (non-hydrogen) atoms. The third-order valence-electron chi connectivity index (χ3n) is 4.04. The van der Waals surface area contributed by atoms with Gasteiger partial charge < -0.3 is 10.2 Å². The van der Waals surface area contributed by atoms with Gasteiger partial charge in [0, 0.05) is 12.2 Å². The number of rotatable bonds is 3. The smallest absolute Gasteiger partial charge is 0.251 e. The number of aryl methyl sites for hydroxylation is 1. The topological polar surface area (TPSA) is 53.9 Å². The summed E-state index contributed by atoms with van der Waals surface area (Å²) in [6.45, 7) is 0.835. The molecule has 1 aliphatic rings. The molecule has 0 saturated carbocycles. The van der Waals surface area contributed by atoms with Crippen LogP contribution < -0.4 is 10.2 Å². The number of para-hydroxylation sites is 2. The molecule has 0 spiro atoms. The van der Waals surface area contributed by atoms with Crippen LogP contribution in [0.1, 0.15) is 12.0 Å². The Hall–Kier alpha value is -3.02. The van der Waals surface area contributed by atoms with Crippen molar-refractivity contribution in [1.82, 2.24) is 15.2 Å². The average molecular weight is 321 g/mol. The summed E-state index contributed by atoms with van der Waals surface area (Å²) in [5.41, 5.74) is 2.75. The van der Waals surface area contributed by atoms with E-state index < -0.39 is 0 Å². The van der Waals surface area contributed by atoms with Crippen molar-refractivity contribution in [3.05, 3.63) is 66.1 Å². The molecule has 2 aromatic carbocycles. The van der Waals surface area contributed by atoms with Crippen molar-refractivity contribution >= 4 is 23.1 Å². The minimum Gasteiger partial charge on any atom is -0.336 e. The van der Waals surface area contributed by atoms with Crippen LogP contribution in [-0.2, 0) is 6.42 Å². The molecule has 0 atom stereocenters. The quantitative estimate of drug-likeness (QED) is 0.794. The van der Waals surface area contributed by atoms with Crippen LogP contribution in [0.25, 0.3) is 0 Å². The van der Waals surface area contributed by atoms with Crippen molar-refractivity contribution in [2.24, 2.45) is 0 Å². The summed E-state index contributed by atoms with van der Waals surface area (Å²) < 4.78 is 13.8. The highest BCUT2D eigenvalue weighted by atomic mass is 19.1. The van der Waals surface area contributed by atoms with E-state index in [1.807, 2.05) is 12.1 Å². The van der Waals surface area contributed by atoms with Crippen LogP contribution in [-0.4, -0.2) is 21.7 Å². The van der Waals surface area contributed by atoms with E-state index >= 15 is 0 Å². The minimum absolute atomic E-state index is 0.332. The Morgan fingerprint density at radius 2 is 1.88 bits per heavy atom. The fraction of sp³-hybridized carbons (Fsp3) is 0.167. The van der Waals surface area contributed by atoms with Gasteiger partial charge in [-0.3, -0.25) is 0 Å². The summed E-state index contributed by atoms with van der Waals surface area (Å²) in [6.07, 6.45) is 3.57. The molecule has 1 aromatic heterocycles. The van der Waals surface area contributed by atoms with Crippen LogP contribution in [0.4, 0.5) is 27.5 Å². The number of anilines is 4. The summed E-state index contributed by atoms with van der Waals surface area (Å²) in [7, 11) is 0. The van der Waals surface area contributed by atoms with E-state index in [0.29, 0.717) is 17.5 Å². The molecule has 0 aliphatic carbocycles. The van der Waals surface area contributed by atoms with E-state index in [1.54, 1.807) is 18.2 Å². The van der Waals surface area contributed by atoms with Crippen LogP contribution in [0.5, 0.6) is 0 Å². The number of hydrogen-bond acceptors (Lipinski definition) is 5. The maximum absolute atomic E-state index is 13.8. The molecular weight excluding hydrogens is 305 g/mol. The first-order valence-corrected chi connectivity index (χ1v) is 7.88. The molecule has 0 radical (unpaired) electrons. The van der Waals surface area contributed by atoms with Crippen molar-refractivity contribution in [3.8, 4) is 0 Å². The Morgan fingerprint density at radius 1 is 1.04 bits per heavy atom. The number of aromatic nitrogens is 3. The summed E-state index contributed by atoms with van der Waals surface area (Å²) in [5, 5.41) is 11.1. The zero-order valence-corrected chi connectivity index (χ0v) is 13.0. The van der Waals surface area contributed by atoms with Gasteiger partial charge >= 0.3 is 0 Å². The average Bonchev–Trinajstić information content (AvgIpc) is 2.63. The number of fused-ring (bicyclic) bond motifs is 1. The largest absolute Gasteiger partial charge is 0.336 e. The van der Waals surface area contributed by atoms with E-state index in [2.05, 4.69) is 37.5 Å². The van der Waals surface area contributed by atoms with E-state index in [9.17, 15) is 4.39 Å². The van der Waals surface area contributed by atoms with Crippen molar-refractivity contribution in [2.45, 2.75) is 12.8 Å². The lowest BCUT2D eigenvalue weighted by Crippen LogP contribution is -2.26. The second-order valence-electron chi connectivity index (χ2n) is 5.63. The summed E-state index contributed by atoms with van der Waals surface area (Å²) in [6, 6.07) is 14.7. The molecule has 120 valence electrons. The van der Waals surface area contributed by atoms with Crippen LogP contribution in [0.15, 0.2) is 54.7 Å². The summed E-state index contributed by atoms with van der Waals surface area (Å²) >= 11 is 0. The molecule has 4 rings (SSSR count). The maximum Gasteiger partial charge on any atom is 0.251 e. The predicted molar refractivity (Wildman–Crippen MR) is 91.3 cm³/mol. The third kappa shape index (κ3) is 2.78. The standard InChI is InChI=1S/C18H16FN5/c19-14-8-2-3-9-15(14)21-17-12-20-23-18(22-17)24-11-5-7-13-6-1-4-10-16(13)24/h1-4,6,8-10,12H,5,7,11H2,(H,21,22,23). The molecule has 3 aromatic rings. The van der Waals surface area contributed by atoms with Gasteiger partial charge in [0.2, 0.25) is 0 Å². The van der Waals surface area contributed by atoms with Crippen molar-refractivity contribution < 1.29 is 4.39 Å². The number of hydrogen-bond donors (Lipinski definition) is 1.